The molecule has 0 saturated carbocycles. The Morgan fingerprint density at radius 1 is 1.08 bits per heavy atom. The van der Waals surface area contributed by atoms with Crippen molar-refractivity contribution in [2.45, 2.75) is 66.2 Å². The molecule has 188 valence electrons. The number of fused-ring (bicyclic) bond motifs is 1. The average Bonchev–Trinajstić information content (AvgIpc) is 3.21. The summed E-state index contributed by atoms with van der Waals surface area (Å²) in [6.45, 7) is 11.6. The van der Waals surface area contributed by atoms with Crippen LogP contribution in [0.15, 0.2) is 75.9 Å². The Balaban J connectivity index is 1.67. The molecule has 1 amide bonds. The summed E-state index contributed by atoms with van der Waals surface area (Å²) in [5, 5.41) is 5.83. The number of aliphatic imine (C=N–C) groups is 1. The number of aryl methyl sites for hydroxylation is 2. The smallest absolute Gasteiger partial charge is 0.338 e. The van der Waals surface area contributed by atoms with Crippen molar-refractivity contribution in [1.29, 1.82) is 0 Å². The third-order valence-corrected chi connectivity index (χ3v) is 7.20. The zero-order valence-corrected chi connectivity index (χ0v) is 22.5. The van der Waals surface area contributed by atoms with Crippen molar-refractivity contribution < 1.29 is 14.3 Å². The third kappa shape index (κ3) is 5.41. The summed E-state index contributed by atoms with van der Waals surface area (Å²) in [5.74, 6) is -0.466. The van der Waals surface area contributed by atoms with Crippen LogP contribution in [0, 0.1) is 13.8 Å². The Morgan fingerprint density at radius 2 is 1.81 bits per heavy atom. The SMILES string of the molecule is CC1=C(C(=O)OC(C)C)[C@H](c2cc(C)ccc2C)N2C(CC(=O)N[C@@H](C)c3ccccc3)=CSC2=N1. The molecule has 0 fully saturated rings. The number of carbonyl (C=O) groups excluding carboxylic acids is 2. The van der Waals surface area contributed by atoms with Crippen molar-refractivity contribution in [2.75, 3.05) is 0 Å². The first-order valence-electron chi connectivity index (χ1n) is 12.2. The molecular formula is C29H33N3O3S. The van der Waals surface area contributed by atoms with Gasteiger partial charge in [-0.3, -0.25) is 4.79 Å². The van der Waals surface area contributed by atoms with E-state index in [0.29, 0.717) is 11.3 Å². The summed E-state index contributed by atoms with van der Waals surface area (Å²) < 4.78 is 5.65. The van der Waals surface area contributed by atoms with E-state index in [4.69, 9.17) is 9.73 Å². The van der Waals surface area contributed by atoms with Gasteiger partial charge in [0.15, 0.2) is 5.17 Å². The van der Waals surface area contributed by atoms with E-state index >= 15 is 0 Å². The van der Waals surface area contributed by atoms with Crippen LogP contribution in [-0.2, 0) is 14.3 Å². The maximum Gasteiger partial charge on any atom is 0.338 e. The largest absolute Gasteiger partial charge is 0.459 e. The Hall–Kier alpha value is -3.32. The maximum absolute atomic E-state index is 13.3. The van der Waals surface area contributed by atoms with Crippen molar-refractivity contribution in [3.63, 3.8) is 0 Å². The first kappa shape index (κ1) is 25.8. The predicted octanol–water partition coefficient (Wildman–Crippen LogP) is 6.10. The average molecular weight is 504 g/mol. The lowest BCUT2D eigenvalue weighted by Gasteiger charge is -2.37. The molecule has 36 heavy (non-hydrogen) atoms. The van der Waals surface area contributed by atoms with E-state index in [1.165, 1.54) is 11.8 Å². The Bertz CT molecular complexity index is 1260. The molecule has 1 N–H and O–H groups in total. The van der Waals surface area contributed by atoms with Crippen molar-refractivity contribution in [3.8, 4) is 0 Å². The molecule has 0 aromatic heterocycles. The van der Waals surface area contributed by atoms with Crippen LogP contribution in [0.4, 0.5) is 0 Å². The molecule has 2 aromatic carbocycles. The van der Waals surface area contributed by atoms with Crippen LogP contribution in [-0.4, -0.2) is 28.0 Å². The molecule has 0 bridgehead atoms. The predicted molar refractivity (Wildman–Crippen MR) is 145 cm³/mol. The number of thioether (sulfide) groups is 1. The standard InChI is InChI=1S/C29H33N3O3S/c1-17(2)35-28(34)26-21(6)31-29-32(27(26)24-14-18(3)12-13-19(24)4)23(16-36-29)15-25(33)30-20(5)22-10-8-7-9-11-22/h7-14,16-17,20,27H,15H2,1-6H3,(H,30,33)/t20-,27-/m0/s1. The van der Waals surface area contributed by atoms with Gasteiger partial charge in [0.25, 0.3) is 0 Å². The zero-order valence-electron chi connectivity index (χ0n) is 21.7. The Morgan fingerprint density at radius 3 is 2.50 bits per heavy atom. The number of amidine groups is 1. The minimum atomic E-state index is -0.427. The van der Waals surface area contributed by atoms with Crippen LogP contribution in [0.1, 0.15) is 68.5 Å². The third-order valence-electron chi connectivity index (χ3n) is 6.31. The van der Waals surface area contributed by atoms with E-state index in [1.807, 2.05) is 82.2 Å². The second kappa shape index (κ2) is 10.7. The van der Waals surface area contributed by atoms with Gasteiger partial charge >= 0.3 is 5.97 Å². The van der Waals surface area contributed by atoms with Gasteiger partial charge in [0, 0.05) is 5.70 Å². The molecular weight excluding hydrogens is 470 g/mol. The van der Waals surface area contributed by atoms with E-state index in [0.717, 1.165) is 33.1 Å². The molecule has 2 atom stereocenters. The number of rotatable bonds is 7. The molecule has 0 spiro atoms. The summed E-state index contributed by atoms with van der Waals surface area (Å²) in [6.07, 6.45) is -0.0773. The highest BCUT2D eigenvalue weighted by molar-refractivity contribution is 8.16. The minimum absolute atomic E-state index is 0.0863. The number of carbonyl (C=O) groups is 2. The number of amides is 1. The molecule has 0 saturated heterocycles. The van der Waals surface area contributed by atoms with Crippen molar-refractivity contribution >= 4 is 28.8 Å². The summed E-state index contributed by atoms with van der Waals surface area (Å²) >= 11 is 1.48. The zero-order chi connectivity index (χ0) is 26.0. The molecule has 2 aliphatic heterocycles. The topological polar surface area (TPSA) is 71.0 Å². The lowest BCUT2D eigenvalue weighted by atomic mass is 9.90. The first-order valence-corrected chi connectivity index (χ1v) is 13.1. The highest BCUT2D eigenvalue weighted by Gasteiger charge is 2.42. The number of nitrogens with zero attached hydrogens (tertiary/aromatic N) is 2. The van der Waals surface area contributed by atoms with Gasteiger partial charge in [0.05, 0.1) is 35.9 Å². The number of allylic oxidation sites excluding steroid dienone is 1. The van der Waals surface area contributed by atoms with Gasteiger partial charge in [-0.15, -0.1) is 0 Å². The number of nitrogens with one attached hydrogen (secondary N) is 1. The lowest BCUT2D eigenvalue weighted by Crippen LogP contribution is -2.39. The van der Waals surface area contributed by atoms with E-state index in [2.05, 4.69) is 23.5 Å². The Kier molecular flexibility index (Phi) is 7.69. The van der Waals surface area contributed by atoms with Gasteiger partial charge in [0.1, 0.15) is 0 Å². The maximum atomic E-state index is 13.3. The molecule has 0 radical (unpaired) electrons. The highest BCUT2D eigenvalue weighted by Crippen LogP contribution is 2.45. The van der Waals surface area contributed by atoms with Gasteiger partial charge in [-0.2, -0.15) is 0 Å². The summed E-state index contributed by atoms with van der Waals surface area (Å²) in [6, 6.07) is 15.6. The number of benzene rings is 2. The monoisotopic (exact) mass is 503 g/mol. The van der Waals surface area contributed by atoms with Crippen LogP contribution in [0.5, 0.6) is 0 Å². The Labute approximate surface area is 217 Å². The number of esters is 1. The molecule has 2 aromatic rings. The van der Waals surface area contributed by atoms with Crippen molar-refractivity contribution in [2.24, 2.45) is 4.99 Å². The van der Waals surface area contributed by atoms with Crippen LogP contribution in [0.2, 0.25) is 0 Å². The number of ether oxygens (including phenoxy) is 1. The summed E-state index contributed by atoms with van der Waals surface area (Å²) in [4.78, 5) is 33.2. The van der Waals surface area contributed by atoms with Gasteiger partial charge in [-0.05, 0) is 63.6 Å². The van der Waals surface area contributed by atoms with Gasteiger partial charge in [-0.25, -0.2) is 9.79 Å². The number of hydrogen-bond acceptors (Lipinski definition) is 6. The summed E-state index contributed by atoms with van der Waals surface area (Å²) in [7, 11) is 0. The quantitative estimate of drug-likeness (QED) is 0.463. The van der Waals surface area contributed by atoms with E-state index in [9.17, 15) is 9.59 Å². The van der Waals surface area contributed by atoms with Gasteiger partial charge in [0.2, 0.25) is 5.91 Å². The van der Waals surface area contributed by atoms with Gasteiger partial charge < -0.3 is 15.0 Å². The highest BCUT2D eigenvalue weighted by atomic mass is 32.2. The minimum Gasteiger partial charge on any atom is -0.459 e. The van der Waals surface area contributed by atoms with Gasteiger partial charge in [-0.1, -0.05) is 65.9 Å². The van der Waals surface area contributed by atoms with E-state index < -0.39 is 6.04 Å². The molecule has 0 aliphatic carbocycles. The normalized spacial score (nSPS) is 18.0. The fraction of sp³-hybridized carbons (Fsp3) is 0.345. The molecule has 4 rings (SSSR count). The molecule has 0 unspecified atom stereocenters. The fourth-order valence-electron chi connectivity index (χ4n) is 4.54. The van der Waals surface area contributed by atoms with Crippen LogP contribution < -0.4 is 5.32 Å². The summed E-state index contributed by atoms with van der Waals surface area (Å²) in [5.41, 5.74) is 6.17. The fourth-order valence-corrected chi connectivity index (χ4v) is 5.50. The molecule has 7 heteroatoms. The van der Waals surface area contributed by atoms with Crippen LogP contribution >= 0.6 is 11.8 Å². The molecule has 2 heterocycles. The first-order chi connectivity index (χ1) is 17.2. The van der Waals surface area contributed by atoms with E-state index in [-0.39, 0.29) is 30.4 Å². The van der Waals surface area contributed by atoms with Crippen LogP contribution in [0.3, 0.4) is 0 Å². The lowest BCUT2D eigenvalue weighted by molar-refractivity contribution is -0.143. The molecule has 6 nitrogen and oxygen atoms in total. The number of hydrogen-bond donors (Lipinski definition) is 1. The second-order valence-electron chi connectivity index (χ2n) is 9.58. The van der Waals surface area contributed by atoms with Crippen molar-refractivity contribution in [1.82, 2.24) is 10.2 Å². The second-order valence-corrected chi connectivity index (χ2v) is 10.4. The van der Waals surface area contributed by atoms with Crippen molar-refractivity contribution in [3.05, 3.63) is 93.2 Å². The van der Waals surface area contributed by atoms with E-state index in [1.54, 1.807) is 0 Å². The molecule has 2 aliphatic rings. The van der Waals surface area contributed by atoms with Crippen LogP contribution in [0.25, 0.3) is 0 Å².